The van der Waals surface area contributed by atoms with E-state index in [-0.39, 0.29) is 43.1 Å². The van der Waals surface area contributed by atoms with Gasteiger partial charge in [-0.05, 0) is 19.1 Å². The number of rotatable bonds is 4. The van der Waals surface area contributed by atoms with Crippen LogP contribution in [0.1, 0.15) is 17.3 Å². The van der Waals surface area contributed by atoms with Gasteiger partial charge in [0.15, 0.2) is 0 Å². The van der Waals surface area contributed by atoms with E-state index in [0.29, 0.717) is 12.1 Å². The van der Waals surface area contributed by atoms with Crippen molar-refractivity contribution in [2.75, 3.05) is 46.0 Å². The summed E-state index contributed by atoms with van der Waals surface area (Å²) in [6.07, 6.45) is 0. The first-order valence-corrected chi connectivity index (χ1v) is 10.4. The van der Waals surface area contributed by atoms with Crippen molar-refractivity contribution in [2.24, 2.45) is 11.3 Å². The van der Waals surface area contributed by atoms with Gasteiger partial charge in [0.1, 0.15) is 0 Å². The molecule has 2 aliphatic heterocycles. The molecule has 0 aliphatic carbocycles. The average Bonchev–Trinajstić information content (AvgIpc) is 3.16. The monoisotopic (exact) mass is 379 g/mol. The molecule has 0 N–H and O–H groups in total. The molecule has 0 spiro atoms. The van der Waals surface area contributed by atoms with Gasteiger partial charge in [-0.25, -0.2) is 12.7 Å². The zero-order chi connectivity index (χ0) is 19.1. The van der Waals surface area contributed by atoms with E-state index in [0.717, 1.165) is 0 Å². The molecule has 1 aromatic carbocycles. The summed E-state index contributed by atoms with van der Waals surface area (Å²) >= 11 is 0. The van der Waals surface area contributed by atoms with Gasteiger partial charge in [0, 0.05) is 51.8 Å². The van der Waals surface area contributed by atoms with Gasteiger partial charge >= 0.3 is 0 Å². The summed E-state index contributed by atoms with van der Waals surface area (Å²) in [5.74, 6) is -0.402. The quantitative estimate of drug-likeness (QED) is 0.763. The minimum absolute atomic E-state index is 0.0125. The van der Waals surface area contributed by atoms with Gasteiger partial charge in [-0.1, -0.05) is 18.2 Å². The van der Waals surface area contributed by atoms with Crippen LogP contribution >= 0.6 is 0 Å². The van der Waals surface area contributed by atoms with E-state index in [9.17, 15) is 18.0 Å². The van der Waals surface area contributed by atoms with Crippen molar-refractivity contribution >= 4 is 21.8 Å². The number of amides is 2. The van der Waals surface area contributed by atoms with Crippen molar-refractivity contribution in [3.63, 3.8) is 0 Å². The van der Waals surface area contributed by atoms with Crippen molar-refractivity contribution in [2.45, 2.75) is 6.92 Å². The lowest BCUT2D eigenvalue weighted by Crippen LogP contribution is -2.48. The van der Waals surface area contributed by atoms with Crippen LogP contribution in [0.2, 0.25) is 0 Å². The molecule has 26 heavy (non-hydrogen) atoms. The van der Waals surface area contributed by atoms with Gasteiger partial charge in [0.05, 0.1) is 11.2 Å². The lowest BCUT2D eigenvalue weighted by molar-refractivity contribution is -0.139. The first kappa shape index (κ1) is 18.8. The highest BCUT2D eigenvalue weighted by Gasteiger charge is 2.60. The summed E-state index contributed by atoms with van der Waals surface area (Å²) in [6, 6.07) is 8.97. The van der Waals surface area contributed by atoms with E-state index in [4.69, 9.17) is 0 Å². The SMILES string of the molecule is CCS(=O)(=O)N1C[C@@H]2CN(C(=O)c3ccccc3)C[C@]2(C(=O)N(C)C)C1. The summed E-state index contributed by atoms with van der Waals surface area (Å²) in [7, 11) is -0.0212. The standard InChI is InChI=1S/C18H25N3O4S/c1-4-26(24,25)21-11-15-10-20(16(22)14-8-6-5-7-9-14)12-18(15,13-21)17(23)19(2)3/h5-9,15H,4,10-13H2,1-3H3/t15-,18-/m0/s1. The van der Waals surface area contributed by atoms with Crippen molar-refractivity contribution in [1.29, 1.82) is 0 Å². The molecule has 0 bridgehead atoms. The summed E-state index contributed by atoms with van der Waals surface area (Å²) in [5, 5.41) is 0. The van der Waals surface area contributed by atoms with Crippen LogP contribution in [-0.2, 0) is 14.8 Å². The maximum Gasteiger partial charge on any atom is 0.253 e. The topological polar surface area (TPSA) is 78.0 Å². The fraction of sp³-hybridized carbons (Fsp3) is 0.556. The number of hydrogen-bond acceptors (Lipinski definition) is 4. The second-order valence-electron chi connectivity index (χ2n) is 7.30. The molecule has 8 heteroatoms. The number of fused-ring (bicyclic) bond motifs is 1. The highest BCUT2D eigenvalue weighted by Crippen LogP contribution is 2.45. The number of benzene rings is 1. The Labute approximate surface area is 154 Å². The maximum atomic E-state index is 13.0. The van der Waals surface area contributed by atoms with Crippen LogP contribution in [0.4, 0.5) is 0 Å². The molecule has 0 radical (unpaired) electrons. The lowest BCUT2D eigenvalue weighted by atomic mass is 9.80. The molecule has 7 nitrogen and oxygen atoms in total. The number of carbonyl (C=O) groups excluding carboxylic acids is 2. The summed E-state index contributed by atoms with van der Waals surface area (Å²) in [5.41, 5.74) is -0.283. The number of carbonyl (C=O) groups is 2. The lowest BCUT2D eigenvalue weighted by Gasteiger charge is -2.30. The number of likely N-dealkylation sites (tertiary alicyclic amines) is 1. The fourth-order valence-corrected chi connectivity index (χ4v) is 5.28. The van der Waals surface area contributed by atoms with Crippen molar-refractivity contribution in [3.8, 4) is 0 Å². The predicted octanol–water partition coefficient (Wildman–Crippen LogP) is 0.499. The normalized spacial score (nSPS) is 26.0. The van der Waals surface area contributed by atoms with Crippen molar-refractivity contribution in [1.82, 2.24) is 14.1 Å². The molecule has 0 aromatic heterocycles. The van der Waals surface area contributed by atoms with E-state index in [1.807, 2.05) is 6.07 Å². The Bertz CT molecular complexity index is 809. The van der Waals surface area contributed by atoms with Crippen LogP contribution in [0, 0.1) is 11.3 Å². The molecule has 2 atom stereocenters. The van der Waals surface area contributed by atoms with Crippen LogP contribution in [0.5, 0.6) is 0 Å². The third-order valence-corrected chi connectivity index (χ3v) is 7.27. The van der Waals surface area contributed by atoms with Crippen LogP contribution in [-0.4, -0.2) is 80.4 Å². The Kier molecular flexibility index (Phi) is 4.83. The highest BCUT2D eigenvalue weighted by atomic mass is 32.2. The molecule has 2 saturated heterocycles. The minimum Gasteiger partial charge on any atom is -0.348 e. The molecule has 2 fully saturated rings. The van der Waals surface area contributed by atoms with E-state index >= 15 is 0 Å². The second kappa shape index (κ2) is 6.66. The van der Waals surface area contributed by atoms with Crippen molar-refractivity contribution < 1.29 is 18.0 Å². The number of sulfonamides is 1. The molecular weight excluding hydrogens is 354 g/mol. The van der Waals surface area contributed by atoms with Gasteiger partial charge in [0.25, 0.3) is 5.91 Å². The smallest absolute Gasteiger partial charge is 0.253 e. The van der Waals surface area contributed by atoms with Crippen molar-refractivity contribution in [3.05, 3.63) is 35.9 Å². The van der Waals surface area contributed by atoms with Gasteiger partial charge in [-0.15, -0.1) is 0 Å². The number of hydrogen-bond donors (Lipinski definition) is 0. The van der Waals surface area contributed by atoms with Crippen LogP contribution in [0.15, 0.2) is 30.3 Å². The van der Waals surface area contributed by atoms with E-state index in [2.05, 4.69) is 0 Å². The molecular formula is C18H25N3O4S. The molecule has 0 unspecified atom stereocenters. The Morgan fingerprint density at radius 2 is 1.81 bits per heavy atom. The third-order valence-electron chi connectivity index (χ3n) is 5.48. The molecule has 142 valence electrons. The Hall–Kier alpha value is -1.93. The fourth-order valence-electron chi connectivity index (χ4n) is 4.08. The Morgan fingerprint density at radius 1 is 1.15 bits per heavy atom. The van der Waals surface area contributed by atoms with Gasteiger partial charge in [-0.2, -0.15) is 0 Å². The van der Waals surface area contributed by atoms with Gasteiger partial charge < -0.3 is 9.80 Å². The van der Waals surface area contributed by atoms with Crippen LogP contribution < -0.4 is 0 Å². The summed E-state index contributed by atoms with van der Waals surface area (Å²) in [4.78, 5) is 29.0. The average molecular weight is 379 g/mol. The first-order chi connectivity index (χ1) is 12.2. The first-order valence-electron chi connectivity index (χ1n) is 8.75. The molecule has 0 saturated carbocycles. The Morgan fingerprint density at radius 3 is 2.38 bits per heavy atom. The molecule has 2 heterocycles. The molecule has 2 amide bonds. The third kappa shape index (κ3) is 3.01. The summed E-state index contributed by atoms with van der Waals surface area (Å²) < 4.78 is 26.1. The molecule has 3 rings (SSSR count). The molecule has 1 aromatic rings. The largest absolute Gasteiger partial charge is 0.348 e. The van der Waals surface area contributed by atoms with E-state index < -0.39 is 15.4 Å². The van der Waals surface area contributed by atoms with Gasteiger partial charge in [0.2, 0.25) is 15.9 Å². The minimum atomic E-state index is -3.37. The zero-order valence-electron chi connectivity index (χ0n) is 15.4. The zero-order valence-corrected chi connectivity index (χ0v) is 16.2. The van der Waals surface area contributed by atoms with E-state index in [1.54, 1.807) is 50.2 Å². The Balaban J connectivity index is 1.90. The predicted molar refractivity (Wildman–Crippen MR) is 98.0 cm³/mol. The molecule has 2 aliphatic rings. The maximum absolute atomic E-state index is 13.0. The summed E-state index contributed by atoms with van der Waals surface area (Å²) in [6.45, 7) is 2.67. The van der Waals surface area contributed by atoms with Gasteiger partial charge in [-0.3, -0.25) is 9.59 Å². The second-order valence-corrected chi connectivity index (χ2v) is 9.56. The number of nitrogens with zero attached hydrogens (tertiary/aromatic N) is 3. The van der Waals surface area contributed by atoms with Crippen LogP contribution in [0.25, 0.3) is 0 Å². The highest BCUT2D eigenvalue weighted by molar-refractivity contribution is 7.89. The van der Waals surface area contributed by atoms with E-state index in [1.165, 1.54) is 9.21 Å². The van der Waals surface area contributed by atoms with Crippen LogP contribution in [0.3, 0.4) is 0 Å².